The topological polar surface area (TPSA) is 0 Å². The highest BCUT2D eigenvalue weighted by Gasteiger charge is 2.33. The molecule has 0 atom stereocenters. The van der Waals surface area contributed by atoms with Crippen LogP contribution in [0.1, 0.15) is 19.4 Å². The van der Waals surface area contributed by atoms with Gasteiger partial charge in [-0.3, -0.25) is 0 Å². The van der Waals surface area contributed by atoms with Crippen LogP contribution >= 0.6 is 34.8 Å². The minimum absolute atomic E-state index is 0.249. The van der Waals surface area contributed by atoms with Crippen molar-refractivity contribution in [2.45, 2.75) is 20.3 Å². The first kappa shape index (κ1) is 15.1. The Morgan fingerprint density at radius 3 is 2.29 bits per heavy atom. The molecule has 0 fully saturated rings. The van der Waals surface area contributed by atoms with Gasteiger partial charge in [0.05, 0.1) is 0 Å². The van der Waals surface area contributed by atoms with E-state index in [-0.39, 0.29) is 11.2 Å². The summed E-state index contributed by atoms with van der Waals surface area (Å²) in [6, 6.07) is 4.38. The van der Waals surface area contributed by atoms with Gasteiger partial charge in [-0.2, -0.15) is 0 Å². The van der Waals surface area contributed by atoms with Crippen LogP contribution in [0.5, 0.6) is 0 Å². The molecule has 0 aliphatic rings. The summed E-state index contributed by atoms with van der Waals surface area (Å²) in [7, 11) is 0. The summed E-state index contributed by atoms with van der Waals surface area (Å²) in [5.41, 5.74) is 0.516. The van der Waals surface area contributed by atoms with Gasteiger partial charge in [0.2, 0.25) is 0 Å². The van der Waals surface area contributed by atoms with Crippen molar-refractivity contribution < 1.29 is 4.39 Å². The summed E-state index contributed by atoms with van der Waals surface area (Å²) >= 11 is 18.1. The van der Waals surface area contributed by atoms with E-state index in [0.717, 1.165) is 5.56 Å². The molecule has 0 spiro atoms. The maximum atomic E-state index is 13.2. The number of benzene rings is 1. The summed E-state index contributed by atoms with van der Waals surface area (Å²) in [4.78, 5) is 0. The fourth-order valence-corrected chi connectivity index (χ4v) is 2.98. The average molecular weight is 298 g/mol. The molecule has 0 aliphatic heterocycles. The third-order valence-electron chi connectivity index (χ3n) is 3.31. The molecule has 0 heterocycles. The lowest BCUT2D eigenvalue weighted by molar-refractivity contribution is 0.258. The molecular formula is C13H16Cl3F. The first-order valence-electron chi connectivity index (χ1n) is 5.51. The molecule has 1 rings (SSSR count). The Hall–Kier alpha value is 0.0200. The van der Waals surface area contributed by atoms with Gasteiger partial charge in [0.25, 0.3) is 0 Å². The lowest BCUT2D eigenvalue weighted by atomic mass is 9.76. The van der Waals surface area contributed by atoms with Gasteiger partial charge in [-0.15, -0.1) is 23.2 Å². The smallest absolute Gasteiger partial charge is 0.123 e. The lowest BCUT2D eigenvalue weighted by Gasteiger charge is -2.34. The van der Waals surface area contributed by atoms with Crippen LogP contribution in [-0.4, -0.2) is 11.8 Å². The van der Waals surface area contributed by atoms with Gasteiger partial charge in [0.1, 0.15) is 5.82 Å². The number of hydrogen-bond acceptors (Lipinski definition) is 0. The van der Waals surface area contributed by atoms with Crippen molar-refractivity contribution in [1.82, 2.24) is 0 Å². The Morgan fingerprint density at radius 2 is 1.82 bits per heavy atom. The molecule has 0 bridgehead atoms. The van der Waals surface area contributed by atoms with Gasteiger partial charge in [-0.05, 0) is 36.1 Å². The molecule has 0 N–H and O–H groups in total. The molecule has 0 aromatic heterocycles. The van der Waals surface area contributed by atoms with Crippen molar-refractivity contribution in [2.24, 2.45) is 11.3 Å². The quantitative estimate of drug-likeness (QED) is 0.660. The predicted octanol–water partition coefficient (Wildman–Crippen LogP) is 5.14. The van der Waals surface area contributed by atoms with Crippen LogP contribution in [-0.2, 0) is 6.42 Å². The summed E-state index contributed by atoms with van der Waals surface area (Å²) in [5.74, 6) is 0.880. The molecule has 0 amide bonds. The van der Waals surface area contributed by atoms with Gasteiger partial charge < -0.3 is 0 Å². The Bertz CT molecular complexity index is 373. The van der Waals surface area contributed by atoms with Gasteiger partial charge in [0, 0.05) is 22.2 Å². The first-order chi connectivity index (χ1) is 7.95. The fourth-order valence-electron chi connectivity index (χ4n) is 1.70. The summed E-state index contributed by atoms with van der Waals surface area (Å²) in [6.07, 6.45) is 0.592. The van der Waals surface area contributed by atoms with Gasteiger partial charge in [-0.25, -0.2) is 4.39 Å². The van der Waals surface area contributed by atoms with Crippen LogP contribution in [0.15, 0.2) is 18.2 Å². The zero-order chi connectivity index (χ0) is 13.1. The first-order valence-corrected chi connectivity index (χ1v) is 6.96. The zero-order valence-electron chi connectivity index (χ0n) is 9.94. The third-order valence-corrected chi connectivity index (χ3v) is 4.74. The normalized spacial score (nSPS) is 12.2. The Morgan fingerprint density at radius 1 is 1.24 bits per heavy atom. The molecule has 0 aliphatic carbocycles. The molecule has 0 unspecified atom stereocenters. The minimum atomic E-state index is -0.286. The lowest BCUT2D eigenvalue weighted by Crippen LogP contribution is -2.34. The van der Waals surface area contributed by atoms with Crippen molar-refractivity contribution in [3.05, 3.63) is 34.6 Å². The average Bonchev–Trinajstić information content (AvgIpc) is 2.30. The van der Waals surface area contributed by atoms with Crippen LogP contribution in [0, 0.1) is 17.2 Å². The maximum Gasteiger partial charge on any atom is 0.123 e. The second kappa shape index (κ2) is 6.26. The largest absolute Gasteiger partial charge is 0.207 e. The number of halogens is 4. The molecule has 0 saturated carbocycles. The second-order valence-corrected chi connectivity index (χ2v) is 5.64. The van der Waals surface area contributed by atoms with Crippen LogP contribution in [0.25, 0.3) is 0 Å². The highest BCUT2D eigenvalue weighted by atomic mass is 35.5. The second-order valence-electron chi connectivity index (χ2n) is 4.70. The van der Waals surface area contributed by atoms with Crippen molar-refractivity contribution in [3.63, 3.8) is 0 Å². The van der Waals surface area contributed by atoms with Crippen molar-refractivity contribution in [3.8, 4) is 0 Å². The van der Waals surface area contributed by atoms with Gasteiger partial charge in [0.15, 0.2) is 0 Å². The van der Waals surface area contributed by atoms with Crippen molar-refractivity contribution >= 4 is 34.8 Å². The Balaban J connectivity index is 3.05. The Labute approximate surface area is 117 Å². The summed E-state index contributed by atoms with van der Waals surface area (Å²) in [5, 5.41) is 0.562. The molecule has 0 saturated heterocycles. The van der Waals surface area contributed by atoms with E-state index < -0.39 is 0 Å². The van der Waals surface area contributed by atoms with E-state index in [1.165, 1.54) is 12.1 Å². The van der Waals surface area contributed by atoms with Crippen LogP contribution in [0.2, 0.25) is 5.02 Å². The van der Waals surface area contributed by atoms with Crippen molar-refractivity contribution in [1.29, 1.82) is 0 Å². The van der Waals surface area contributed by atoms with Crippen LogP contribution in [0.3, 0.4) is 0 Å². The minimum Gasteiger partial charge on any atom is -0.207 e. The molecule has 0 nitrogen and oxygen atoms in total. The zero-order valence-corrected chi connectivity index (χ0v) is 12.2. The van der Waals surface area contributed by atoms with Gasteiger partial charge in [-0.1, -0.05) is 25.4 Å². The van der Waals surface area contributed by atoms with E-state index >= 15 is 0 Å². The maximum absolute atomic E-state index is 13.2. The number of alkyl halides is 2. The molecule has 1 aromatic rings. The molecule has 96 valence electrons. The monoisotopic (exact) mass is 296 g/mol. The third kappa shape index (κ3) is 3.49. The predicted molar refractivity (Wildman–Crippen MR) is 73.8 cm³/mol. The van der Waals surface area contributed by atoms with Crippen LogP contribution < -0.4 is 0 Å². The van der Waals surface area contributed by atoms with Crippen LogP contribution in [0.4, 0.5) is 4.39 Å². The van der Waals surface area contributed by atoms with E-state index in [0.29, 0.717) is 29.1 Å². The summed E-state index contributed by atoms with van der Waals surface area (Å²) < 4.78 is 13.2. The number of rotatable bonds is 5. The molecule has 4 heteroatoms. The van der Waals surface area contributed by atoms with E-state index in [1.54, 1.807) is 6.07 Å². The standard InChI is InChI=1S/C13H16Cl3F/c1-9(2)13(7-14,8-15)6-10-5-11(17)3-4-12(10)16/h3-5,9H,6-8H2,1-2H3. The van der Waals surface area contributed by atoms with E-state index in [1.807, 2.05) is 0 Å². The van der Waals surface area contributed by atoms with Crippen molar-refractivity contribution in [2.75, 3.05) is 11.8 Å². The van der Waals surface area contributed by atoms with E-state index in [9.17, 15) is 4.39 Å². The highest BCUT2D eigenvalue weighted by Crippen LogP contribution is 2.36. The highest BCUT2D eigenvalue weighted by molar-refractivity contribution is 6.31. The Kier molecular flexibility index (Phi) is 5.56. The van der Waals surface area contributed by atoms with E-state index in [4.69, 9.17) is 34.8 Å². The molecule has 1 aromatic carbocycles. The molecule has 0 radical (unpaired) electrons. The summed E-state index contributed by atoms with van der Waals surface area (Å²) in [6.45, 7) is 4.13. The van der Waals surface area contributed by atoms with E-state index in [2.05, 4.69) is 13.8 Å². The SMILES string of the molecule is CC(C)C(CCl)(CCl)Cc1cc(F)ccc1Cl. The molecule has 17 heavy (non-hydrogen) atoms. The van der Waals surface area contributed by atoms with Gasteiger partial charge >= 0.3 is 0 Å². The molecular weight excluding hydrogens is 281 g/mol. The number of hydrogen-bond donors (Lipinski definition) is 0. The fraction of sp³-hybridized carbons (Fsp3) is 0.538.